The number of carbonyl (C=O) groups excluding carboxylic acids is 2. The Hall–Kier alpha value is -1.59. The largest absolute Gasteiger partial charge is 0.387 e. The number of hydrogen-bond donors (Lipinski definition) is 2. The molecule has 1 heterocycles. The highest BCUT2D eigenvalue weighted by Crippen LogP contribution is 2.19. The topological polar surface area (TPSA) is 69.6 Å². The molecule has 1 aromatic carbocycles. The van der Waals surface area contributed by atoms with E-state index in [1.54, 1.807) is 29.2 Å². The van der Waals surface area contributed by atoms with Crippen LogP contribution in [0, 0.1) is 5.92 Å². The van der Waals surface area contributed by atoms with E-state index in [1.165, 1.54) is 0 Å². The highest BCUT2D eigenvalue weighted by Gasteiger charge is 2.27. The summed E-state index contributed by atoms with van der Waals surface area (Å²) in [6.07, 6.45) is 1.30. The first-order valence-electron chi connectivity index (χ1n) is 8.00. The molecule has 23 heavy (non-hydrogen) atoms. The van der Waals surface area contributed by atoms with E-state index in [4.69, 9.17) is 11.6 Å². The third-order valence-electron chi connectivity index (χ3n) is 4.17. The number of hydrogen-bond acceptors (Lipinski definition) is 3. The Bertz CT molecular complexity index is 547. The van der Waals surface area contributed by atoms with Crippen molar-refractivity contribution in [3.05, 3.63) is 34.9 Å². The van der Waals surface area contributed by atoms with E-state index in [1.807, 2.05) is 6.92 Å². The Morgan fingerprint density at radius 3 is 2.74 bits per heavy atom. The second kappa shape index (κ2) is 8.31. The number of nitrogens with zero attached hydrogens (tertiary/aromatic N) is 1. The quantitative estimate of drug-likeness (QED) is 0.864. The van der Waals surface area contributed by atoms with Crippen LogP contribution in [0.4, 0.5) is 0 Å². The average Bonchev–Trinajstić information content (AvgIpc) is 2.59. The molecule has 2 N–H and O–H groups in total. The normalized spacial score (nSPS) is 19.3. The molecule has 2 atom stereocenters. The number of aliphatic hydroxyl groups is 1. The van der Waals surface area contributed by atoms with Crippen LogP contribution in [0.3, 0.4) is 0 Å². The van der Waals surface area contributed by atoms with Gasteiger partial charge in [0.15, 0.2) is 0 Å². The van der Waals surface area contributed by atoms with Gasteiger partial charge in [-0.15, -0.1) is 0 Å². The molecule has 6 heteroatoms. The average molecular weight is 339 g/mol. The number of aliphatic hydroxyl groups excluding tert-OH is 1. The third kappa shape index (κ3) is 4.94. The van der Waals surface area contributed by atoms with E-state index in [0.29, 0.717) is 23.6 Å². The summed E-state index contributed by atoms with van der Waals surface area (Å²) in [7, 11) is 0. The number of amides is 2. The minimum Gasteiger partial charge on any atom is -0.387 e. The van der Waals surface area contributed by atoms with Gasteiger partial charge in [-0.05, 0) is 30.5 Å². The van der Waals surface area contributed by atoms with Gasteiger partial charge in [0.05, 0.1) is 12.0 Å². The van der Waals surface area contributed by atoms with E-state index < -0.39 is 6.10 Å². The molecular weight excluding hydrogens is 316 g/mol. The van der Waals surface area contributed by atoms with Crippen LogP contribution < -0.4 is 5.32 Å². The van der Waals surface area contributed by atoms with Gasteiger partial charge in [-0.25, -0.2) is 0 Å². The number of rotatable bonds is 5. The number of nitrogens with one attached hydrogen (secondary N) is 1. The van der Waals surface area contributed by atoms with Crippen LogP contribution in [-0.2, 0) is 9.59 Å². The molecule has 1 saturated heterocycles. The summed E-state index contributed by atoms with van der Waals surface area (Å²) >= 11 is 5.81. The molecule has 1 fully saturated rings. The maximum atomic E-state index is 12.3. The summed E-state index contributed by atoms with van der Waals surface area (Å²) in [5.74, 6) is -0.216. The van der Waals surface area contributed by atoms with Crippen LogP contribution in [0.5, 0.6) is 0 Å². The van der Waals surface area contributed by atoms with E-state index in [9.17, 15) is 14.7 Å². The molecule has 0 spiro atoms. The van der Waals surface area contributed by atoms with Gasteiger partial charge in [-0.1, -0.05) is 30.7 Å². The Morgan fingerprint density at radius 1 is 1.39 bits per heavy atom. The first-order valence-corrected chi connectivity index (χ1v) is 8.38. The van der Waals surface area contributed by atoms with Crippen molar-refractivity contribution in [1.82, 2.24) is 10.2 Å². The van der Waals surface area contributed by atoms with Gasteiger partial charge in [0.2, 0.25) is 11.8 Å². The second-order valence-electron chi connectivity index (χ2n) is 5.84. The fourth-order valence-electron chi connectivity index (χ4n) is 2.79. The summed E-state index contributed by atoms with van der Waals surface area (Å²) in [4.78, 5) is 25.8. The van der Waals surface area contributed by atoms with Gasteiger partial charge < -0.3 is 15.3 Å². The Kier molecular flexibility index (Phi) is 6.42. The second-order valence-corrected chi connectivity index (χ2v) is 6.28. The van der Waals surface area contributed by atoms with Gasteiger partial charge >= 0.3 is 0 Å². The lowest BCUT2D eigenvalue weighted by atomic mass is 9.96. The Balaban J connectivity index is 1.84. The van der Waals surface area contributed by atoms with Crippen LogP contribution in [-0.4, -0.2) is 41.5 Å². The predicted molar refractivity (Wildman–Crippen MR) is 89.0 cm³/mol. The van der Waals surface area contributed by atoms with Gasteiger partial charge in [0.1, 0.15) is 0 Å². The number of carbonyl (C=O) groups is 2. The molecule has 0 saturated carbocycles. The smallest absolute Gasteiger partial charge is 0.225 e. The molecule has 0 aliphatic carbocycles. The van der Waals surface area contributed by atoms with E-state index in [2.05, 4.69) is 5.32 Å². The first kappa shape index (κ1) is 17.8. The number of benzene rings is 1. The summed E-state index contributed by atoms with van der Waals surface area (Å²) in [6.45, 7) is 3.17. The molecule has 5 nitrogen and oxygen atoms in total. The van der Waals surface area contributed by atoms with Crippen molar-refractivity contribution in [2.75, 3.05) is 19.6 Å². The van der Waals surface area contributed by atoms with Crippen molar-refractivity contribution in [3.8, 4) is 0 Å². The molecule has 0 aromatic heterocycles. The molecule has 2 amide bonds. The SMILES string of the molecule is CCC(=O)N1CCCC(C(=O)NCC(O)c2ccc(Cl)cc2)C1. The summed E-state index contributed by atoms with van der Waals surface area (Å²) < 4.78 is 0. The standard InChI is InChI=1S/C17H23ClN2O3/c1-2-16(22)20-9-3-4-13(11-20)17(23)19-10-15(21)12-5-7-14(18)8-6-12/h5-8,13,15,21H,2-4,9-11H2,1H3,(H,19,23). The summed E-state index contributed by atoms with van der Waals surface area (Å²) in [5, 5.41) is 13.5. The molecule has 0 bridgehead atoms. The van der Waals surface area contributed by atoms with Crippen LogP contribution in [0.1, 0.15) is 37.9 Å². The lowest BCUT2D eigenvalue weighted by Gasteiger charge is -2.32. The van der Waals surface area contributed by atoms with E-state index in [-0.39, 0.29) is 24.3 Å². The molecule has 2 rings (SSSR count). The molecule has 1 aliphatic rings. The number of likely N-dealkylation sites (tertiary alicyclic amines) is 1. The van der Waals surface area contributed by atoms with Crippen LogP contribution in [0.15, 0.2) is 24.3 Å². The zero-order chi connectivity index (χ0) is 16.8. The van der Waals surface area contributed by atoms with Gasteiger partial charge in [-0.3, -0.25) is 9.59 Å². The summed E-state index contributed by atoms with van der Waals surface area (Å²) in [5.41, 5.74) is 0.709. The van der Waals surface area contributed by atoms with Gasteiger partial charge in [-0.2, -0.15) is 0 Å². The van der Waals surface area contributed by atoms with Crippen molar-refractivity contribution < 1.29 is 14.7 Å². The fraction of sp³-hybridized carbons (Fsp3) is 0.529. The molecule has 1 aromatic rings. The summed E-state index contributed by atoms with van der Waals surface area (Å²) in [6, 6.07) is 6.89. The van der Waals surface area contributed by atoms with E-state index >= 15 is 0 Å². The van der Waals surface area contributed by atoms with Crippen molar-refractivity contribution in [3.63, 3.8) is 0 Å². The maximum Gasteiger partial charge on any atom is 0.225 e. The van der Waals surface area contributed by atoms with Crippen LogP contribution in [0.25, 0.3) is 0 Å². The van der Waals surface area contributed by atoms with Crippen molar-refractivity contribution in [2.45, 2.75) is 32.3 Å². The zero-order valence-corrected chi connectivity index (χ0v) is 14.1. The highest BCUT2D eigenvalue weighted by molar-refractivity contribution is 6.30. The molecule has 126 valence electrons. The maximum absolute atomic E-state index is 12.3. The lowest BCUT2D eigenvalue weighted by Crippen LogP contribution is -2.45. The molecular formula is C17H23ClN2O3. The van der Waals surface area contributed by atoms with Gasteiger partial charge in [0.25, 0.3) is 0 Å². The predicted octanol–water partition coefficient (Wildman–Crippen LogP) is 2.14. The molecule has 2 unspecified atom stereocenters. The fourth-order valence-corrected chi connectivity index (χ4v) is 2.91. The Morgan fingerprint density at radius 2 is 2.09 bits per heavy atom. The highest BCUT2D eigenvalue weighted by atomic mass is 35.5. The van der Waals surface area contributed by atoms with Crippen LogP contribution >= 0.6 is 11.6 Å². The number of piperidine rings is 1. The monoisotopic (exact) mass is 338 g/mol. The van der Waals surface area contributed by atoms with E-state index in [0.717, 1.165) is 19.4 Å². The molecule has 1 aliphatic heterocycles. The zero-order valence-electron chi connectivity index (χ0n) is 13.3. The third-order valence-corrected chi connectivity index (χ3v) is 4.42. The van der Waals surface area contributed by atoms with Crippen molar-refractivity contribution in [1.29, 1.82) is 0 Å². The first-order chi connectivity index (χ1) is 11.0. The molecule has 0 radical (unpaired) electrons. The minimum atomic E-state index is -0.770. The van der Waals surface area contributed by atoms with Gasteiger partial charge in [0, 0.05) is 31.1 Å². The van der Waals surface area contributed by atoms with Crippen molar-refractivity contribution >= 4 is 23.4 Å². The van der Waals surface area contributed by atoms with Crippen LogP contribution in [0.2, 0.25) is 5.02 Å². The lowest BCUT2D eigenvalue weighted by molar-refractivity contribution is -0.135. The Labute approximate surface area is 141 Å². The number of halogens is 1. The minimum absolute atomic E-state index is 0.0868. The van der Waals surface area contributed by atoms with Crippen molar-refractivity contribution in [2.24, 2.45) is 5.92 Å².